The molecule has 1 aliphatic rings. The standard InChI is InChI=1S/C21H22N8O/c1-14-11-17(24-26(14)2)21(30)28-10-9-18-16(12-28)19(25-27(18)3)20-23-22-13-29(20)15-7-5-4-6-8-15/h4-8,11,13H,9-10,12H2,1-3H3. The summed E-state index contributed by atoms with van der Waals surface area (Å²) in [5.74, 6) is 0.602. The number of fused-ring (bicyclic) bond motifs is 1. The third kappa shape index (κ3) is 2.90. The number of carbonyl (C=O) groups excluding carboxylic acids is 1. The first-order valence-electron chi connectivity index (χ1n) is 9.83. The van der Waals surface area contributed by atoms with Crippen LogP contribution in [0.4, 0.5) is 0 Å². The molecule has 0 saturated heterocycles. The van der Waals surface area contributed by atoms with Gasteiger partial charge >= 0.3 is 0 Å². The maximum absolute atomic E-state index is 13.1. The van der Waals surface area contributed by atoms with Crippen molar-refractivity contribution in [2.24, 2.45) is 14.1 Å². The summed E-state index contributed by atoms with van der Waals surface area (Å²) in [6.45, 7) is 3.04. The van der Waals surface area contributed by atoms with Crippen molar-refractivity contribution in [3.63, 3.8) is 0 Å². The van der Waals surface area contributed by atoms with Gasteiger partial charge in [0.25, 0.3) is 5.91 Å². The molecule has 4 aromatic rings. The molecule has 0 atom stereocenters. The molecule has 1 amide bonds. The molecule has 1 aromatic carbocycles. The number of nitrogens with zero attached hydrogens (tertiary/aromatic N) is 8. The Morgan fingerprint density at radius 3 is 2.60 bits per heavy atom. The number of aryl methyl sites for hydroxylation is 3. The van der Waals surface area contributed by atoms with E-state index in [1.54, 1.807) is 11.0 Å². The van der Waals surface area contributed by atoms with Crippen LogP contribution in [0.15, 0.2) is 42.7 Å². The van der Waals surface area contributed by atoms with E-state index in [1.165, 1.54) is 0 Å². The number of rotatable bonds is 3. The average molecular weight is 402 g/mol. The summed E-state index contributed by atoms with van der Waals surface area (Å²) in [6.07, 6.45) is 2.42. The van der Waals surface area contributed by atoms with Crippen molar-refractivity contribution in [2.75, 3.05) is 6.54 Å². The fourth-order valence-electron chi connectivity index (χ4n) is 3.95. The first-order chi connectivity index (χ1) is 14.5. The molecule has 9 heteroatoms. The van der Waals surface area contributed by atoms with E-state index in [1.807, 2.05) is 71.6 Å². The third-order valence-electron chi connectivity index (χ3n) is 5.66. The Morgan fingerprint density at radius 2 is 1.87 bits per heavy atom. The number of hydrogen-bond donors (Lipinski definition) is 0. The van der Waals surface area contributed by atoms with E-state index >= 15 is 0 Å². The van der Waals surface area contributed by atoms with Crippen molar-refractivity contribution in [3.8, 4) is 17.2 Å². The molecular weight excluding hydrogens is 380 g/mol. The molecule has 5 rings (SSSR count). The number of carbonyl (C=O) groups is 1. The summed E-state index contributed by atoms with van der Waals surface area (Å²) < 4.78 is 5.54. The molecule has 30 heavy (non-hydrogen) atoms. The summed E-state index contributed by atoms with van der Waals surface area (Å²) in [5.41, 5.74) is 5.27. The van der Waals surface area contributed by atoms with Crippen molar-refractivity contribution in [3.05, 3.63) is 65.4 Å². The molecule has 0 N–H and O–H groups in total. The first-order valence-corrected chi connectivity index (χ1v) is 9.83. The molecule has 9 nitrogen and oxygen atoms in total. The van der Waals surface area contributed by atoms with Gasteiger partial charge in [0, 0.05) is 49.7 Å². The van der Waals surface area contributed by atoms with E-state index in [2.05, 4.69) is 15.3 Å². The second kappa shape index (κ2) is 6.94. The Bertz CT molecular complexity index is 1210. The van der Waals surface area contributed by atoms with Gasteiger partial charge in [0.05, 0.1) is 6.54 Å². The van der Waals surface area contributed by atoms with Gasteiger partial charge in [0.15, 0.2) is 11.5 Å². The third-order valence-corrected chi connectivity index (χ3v) is 5.66. The highest BCUT2D eigenvalue weighted by Gasteiger charge is 2.30. The van der Waals surface area contributed by atoms with Crippen LogP contribution in [0.25, 0.3) is 17.2 Å². The molecule has 0 saturated carbocycles. The average Bonchev–Trinajstić information content (AvgIpc) is 3.46. The minimum atomic E-state index is -0.0660. The summed E-state index contributed by atoms with van der Waals surface area (Å²) in [5, 5.41) is 17.6. The van der Waals surface area contributed by atoms with Crippen LogP contribution in [-0.4, -0.2) is 51.7 Å². The summed E-state index contributed by atoms with van der Waals surface area (Å²) >= 11 is 0. The quantitative estimate of drug-likeness (QED) is 0.522. The molecule has 0 fully saturated rings. The van der Waals surface area contributed by atoms with Crippen LogP contribution < -0.4 is 0 Å². The van der Waals surface area contributed by atoms with Crippen LogP contribution in [0, 0.1) is 6.92 Å². The van der Waals surface area contributed by atoms with Crippen LogP contribution in [0.3, 0.4) is 0 Å². The van der Waals surface area contributed by atoms with Gasteiger partial charge in [-0.3, -0.25) is 18.7 Å². The molecule has 4 heterocycles. The van der Waals surface area contributed by atoms with Crippen molar-refractivity contribution in [1.29, 1.82) is 0 Å². The zero-order valence-electron chi connectivity index (χ0n) is 17.1. The van der Waals surface area contributed by atoms with Crippen molar-refractivity contribution in [1.82, 2.24) is 39.2 Å². The zero-order valence-corrected chi connectivity index (χ0v) is 17.1. The summed E-state index contributed by atoms with van der Waals surface area (Å²) in [4.78, 5) is 14.9. The Labute approximate surface area is 173 Å². The van der Waals surface area contributed by atoms with Gasteiger partial charge in [0.2, 0.25) is 0 Å². The van der Waals surface area contributed by atoms with E-state index in [4.69, 9.17) is 5.10 Å². The van der Waals surface area contributed by atoms with Gasteiger partial charge in [0.1, 0.15) is 12.0 Å². The molecule has 0 unspecified atom stereocenters. The fraction of sp³-hybridized carbons (Fsp3) is 0.286. The van der Waals surface area contributed by atoms with E-state index in [-0.39, 0.29) is 5.91 Å². The number of amides is 1. The van der Waals surface area contributed by atoms with Gasteiger partial charge < -0.3 is 4.90 Å². The van der Waals surface area contributed by atoms with Crippen LogP contribution >= 0.6 is 0 Å². The lowest BCUT2D eigenvalue weighted by Crippen LogP contribution is -2.36. The van der Waals surface area contributed by atoms with Gasteiger partial charge in [-0.2, -0.15) is 10.2 Å². The molecule has 0 radical (unpaired) electrons. The Morgan fingerprint density at radius 1 is 1.07 bits per heavy atom. The summed E-state index contributed by atoms with van der Waals surface area (Å²) in [7, 11) is 3.78. The molecule has 3 aromatic heterocycles. The highest BCUT2D eigenvalue weighted by atomic mass is 16.2. The predicted molar refractivity (Wildman–Crippen MR) is 110 cm³/mol. The molecule has 0 bridgehead atoms. The topological polar surface area (TPSA) is 86.7 Å². The van der Waals surface area contributed by atoms with Crippen LogP contribution in [0.1, 0.15) is 27.4 Å². The van der Waals surface area contributed by atoms with Gasteiger partial charge in [-0.05, 0) is 25.1 Å². The van der Waals surface area contributed by atoms with Gasteiger partial charge in [-0.25, -0.2) is 0 Å². The van der Waals surface area contributed by atoms with Crippen molar-refractivity contribution >= 4 is 5.91 Å². The van der Waals surface area contributed by atoms with Crippen molar-refractivity contribution in [2.45, 2.75) is 19.9 Å². The highest BCUT2D eigenvalue weighted by Crippen LogP contribution is 2.30. The number of aromatic nitrogens is 7. The molecule has 152 valence electrons. The molecule has 1 aliphatic heterocycles. The van der Waals surface area contributed by atoms with Crippen LogP contribution in [0.5, 0.6) is 0 Å². The Hall–Kier alpha value is -3.75. The normalized spacial score (nSPS) is 13.5. The van der Waals surface area contributed by atoms with E-state index in [0.29, 0.717) is 24.6 Å². The van der Waals surface area contributed by atoms with Crippen LogP contribution in [0.2, 0.25) is 0 Å². The molecular formula is C21H22N8O. The van der Waals surface area contributed by atoms with E-state index in [0.717, 1.165) is 34.8 Å². The summed E-state index contributed by atoms with van der Waals surface area (Å²) in [6, 6.07) is 11.8. The number of benzene rings is 1. The smallest absolute Gasteiger partial charge is 0.274 e. The van der Waals surface area contributed by atoms with E-state index in [9.17, 15) is 4.79 Å². The second-order valence-electron chi connectivity index (χ2n) is 7.53. The van der Waals surface area contributed by atoms with Gasteiger partial charge in [-0.15, -0.1) is 10.2 Å². The van der Waals surface area contributed by atoms with Gasteiger partial charge in [-0.1, -0.05) is 18.2 Å². The SMILES string of the molecule is Cc1cc(C(=O)N2CCc3c(c(-c4nncn4-c4ccccc4)nn3C)C2)nn1C. The van der Waals surface area contributed by atoms with E-state index < -0.39 is 0 Å². The second-order valence-corrected chi connectivity index (χ2v) is 7.53. The zero-order chi connectivity index (χ0) is 20.8. The van der Waals surface area contributed by atoms with Crippen LogP contribution in [-0.2, 0) is 27.1 Å². The number of para-hydroxylation sites is 1. The Balaban J connectivity index is 1.52. The number of hydrogen-bond acceptors (Lipinski definition) is 5. The lowest BCUT2D eigenvalue weighted by atomic mass is 10.0. The molecule has 0 aliphatic carbocycles. The minimum absolute atomic E-state index is 0.0660. The van der Waals surface area contributed by atoms with Crippen molar-refractivity contribution < 1.29 is 4.79 Å². The largest absolute Gasteiger partial charge is 0.332 e. The maximum atomic E-state index is 13.1. The Kier molecular flexibility index (Phi) is 4.23. The highest BCUT2D eigenvalue weighted by molar-refractivity contribution is 5.92. The first kappa shape index (κ1) is 18.3. The monoisotopic (exact) mass is 402 g/mol. The lowest BCUT2D eigenvalue weighted by Gasteiger charge is -2.27. The molecule has 0 spiro atoms. The minimum Gasteiger partial charge on any atom is -0.332 e. The predicted octanol–water partition coefficient (Wildman–Crippen LogP) is 1.91. The maximum Gasteiger partial charge on any atom is 0.274 e. The fourth-order valence-corrected chi connectivity index (χ4v) is 3.95. The lowest BCUT2D eigenvalue weighted by molar-refractivity contribution is 0.0727.